The average molecular weight is 334 g/mol. The van der Waals surface area contributed by atoms with Crippen LogP contribution in [0.25, 0.3) is 10.6 Å². The van der Waals surface area contributed by atoms with Crippen molar-refractivity contribution in [3.8, 4) is 10.6 Å². The van der Waals surface area contributed by atoms with Crippen molar-refractivity contribution in [3.05, 3.63) is 32.2 Å². The second-order valence-electron chi connectivity index (χ2n) is 2.82. The van der Waals surface area contributed by atoms with Crippen molar-refractivity contribution in [2.24, 2.45) is 0 Å². The summed E-state index contributed by atoms with van der Waals surface area (Å²) < 4.78 is 1.90. The topological polar surface area (TPSA) is 25.8 Å². The average Bonchev–Trinajstić information content (AvgIpc) is 2.51. The lowest BCUT2D eigenvalue weighted by Gasteiger charge is -2.01. The van der Waals surface area contributed by atoms with Gasteiger partial charge in [-0.1, -0.05) is 33.3 Å². The lowest BCUT2D eigenvalue weighted by Crippen LogP contribution is -1.82. The molecule has 2 nitrogen and oxygen atoms in total. The number of halogens is 2. The molecule has 1 aromatic heterocycles. The fraction of sp³-hybridized carbons (Fsp3) is 0.111. The lowest BCUT2D eigenvalue weighted by molar-refractivity contribution is 1.07. The highest BCUT2D eigenvalue weighted by Crippen LogP contribution is 2.30. The van der Waals surface area contributed by atoms with Crippen molar-refractivity contribution in [1.82, 2.24) is 10.2 Å². The van der Waals surface area contributed by atoms with Gasteiger partial charge >= 0.3 is 0 Å². The van der Waals surface area contributed by atoms with E-state index in [-0.39, 0.29) is 0 Å². The first kappa shape index (κ1) is 10.3. The molecule has 0 unspecified atom stereocenters. The number of aryl methyl sites for hydroxylation is 1. The van der Waals surface area contributed by atoms with Crippen molar-refractivity contribution >= 4 is 43.2 Å². The quantitative estimate of drug-likeness (QED) is 0.787. The van der Waals surface area contributed by atoms with Gasteiger partial charge in [0.25, 0.3) is 0 Å². The van der Waals surface area contributed by atoms with E-state index in [2.05, 4.69) is 55.0 Å². The van der Waals surface area contributed by atoms with Crippen molar-refractivity contribution < 1.29 is 0 Å². The van der Waals surface area contributed by atoms with Gasteiger partial charge in [-0.25, -0.2) is 0 Å². The minimum atomic E-state index is 0.815. The number of nitrogens with zero attached hydrogens (tertiary/aromatic N) is 2. The molecule has 2 rings (SSSR count). The van der Waals surface area contributed by atoms with Gasteiger partial charge in [-0.3, -0.25) is 0 Å². The molecule has 0 N–H and O–H groups in total. The van der Waals surface area contributed by atoms with Crippen LogP contribution in [0.5, 0.6) is 0 Å². The molecule has 0 saturated heterocycles. The molecule has 0 fully saturated rings. The first-order valence-corrected chi connectivity index (χ1v) is 6.32. The Morgan fingerprint density at radius 2 is 2.00 bits per heavy atom. The number of aromatic nitrogens is 2. The first-order chi connectivity index (χ1) is 6.66. The van der Waals surface area contributed by atoms with E-state index in [4.69, 9.17) is 0 Å². The molecule has 72 valence electrons. The van der Waals surface area contributed by atoms with Crippen molar-refractivity contribution in [2.75, 3.05) is 0 Å². The van der Waals surface area contributed by atoms with Crippen LogP contribution in [0.15, 0.2) is 26.6 Å². The smallest absolute Gasteiger partial charge is 0.137 e. The van der Waals surface area contributed by atoms with Crippen LogP contribution in [0, 0.1) is 6.92 Å². The van der Waals surface area contributed by atoms with Crippen molar-refractivity contribution in [2.45, 2.75) is 6.92 Å². The van der Waals surface area contributed by atoms with E-state index in [9.17, 15) is 0 Å². The minimum Gasteiger partial charge on any atom is -0.137 e. The summed E-state index contributed by atoms with van der Waals surface area (Å²) in [5.41, 5.74) is 2.33. The van der Waals surface area contributed by atoms with Crippen molar-refractivity contribution in [1.29, 1.82) is 0 Å². The van der Waals surface area contributed by atoms with E-state index in [0.717, 1.165) is 19.0 Å². The summed E-state index contributed by atoms with van der Waals surface area (Å²) in [6.07, 6.45) is 0. The van der Waals surface area contributed by atoms with Gasteiger partial charge < -0.3 is 0 Å². The zero-order valence-corrected chi connectivity index (χ0v) is 11.3. The minimum absolute atomic E-state index is 0.815. The first-order valence-electron chi connectivity index (χ1n) is 3.92. The van der Waals surface area contributed by atoms with E-state index in [1.54, 1.807) is 0 Å². The van der Waals surface area contributed by atoms with Crippen LogP contribution >= 0.6 is 43.2 Å². The summed E-state index contributed by atoms with van der Waals surface area (Å²) in [5.74, 6) is 0. The van der Waals surface area contributed by atoms with Gasteiger partial charge in [0.05, 0.1) is 0 Å². The Balaban J connectivity index is 2.52. The molecule has 14 heavy (non-hydrogen) atoms. The number of benzene rings is 1. The predicted octanol–water partition coefficient (Wildman–Crippen LogP) is 4.04. The second kappa shape index (κ2) is 4.08. The molecule has 0 saturated carbocycles. The Kier molecular flexibility index (Phi) is 2.99. The Morgan fingerprint density at radius 3 is 2.57 bits per heavy atom. The van der Waals surface area contributed by atoms with E-state index >= 15 is 0 Å². The van der Waals surface area contributed by atoms with Gasteiger partial charge in [-0.05, 0) is 40.5 Å². The van der Waals surface area contributed by atoms with Crippen LogP contribution in [0.4, 0.5) is 0 Å². The molecule has 0 aliphatic rings. The number of hydrogen-bond donors (Lipinski definition) is 0. The zero-order valence-electron chi connectivity index (χ0n) is 7.29. The second-order valence-corrected chi connectivity index (χ2v) is 5.99. The molecule has 5 heteroatoms. The summed E-state index contributed by atoms with van der Waals surface area (Å²) in [5, 5.41) is 8.96. The SMILES string of the molecule is Cc1cc(Br)ccc1-c1nnc(Br)s1. The molecule has 0 bridgehead atoms. The van der Waals surface area contributed by atoms with Crippen LogP contribution in [0.3, 0.4) is 0 Å². The molecule has 0 atom stereocenters. The molecule has 0 spiro atoms. The van der Waals surface area contributed by atoms with Crippen LogP contribution in [0.1, 0.15) is 5.56 Å². The third kappa shape index (κ3) is 2.04. The molecule has 2 aromatic rings. The number of rotatable bonds is 1. The van der Waals surface area contributed by atoms with Gasteiger partial charge in [-0.2, -0.15) is 0 Å². The molecule has 1 aromatic carbocycles. The lowest BCUT2D eigenvalue weighted by atomic mass is 10.1. The Hall–Kier alpha value is -0.260. The highest BCUT2D eigenvalue weighted by Gasteiger charge is 2.07. The highest BCUT2D eigenvalue weighted by molar-refractivity contribution is 9.11. The Labute approximate surface area is 103 Å². The van der Waals surface area contributed by atoms with E-state index in [1.165, 1.54) is 16.9 Å². The van der Waals surface area contributed by atoms with Gasteiger partial charge in [0.15, 0.2) is 3.92 Å². The number of hydrogen-bond acceptors (Lipinski definition) is 3. The normalized spacial score (nSPS) is 10.5. The van der Waals surface area contributed by atoms with Crippen molar-refractivity contribution in [3.63, 3.8) is 0 Å². The summed E-state index contributed by atoms with van der Waals surface area (Å²) in [7, 11) is 0. The Morgan fingerprint density at radius 1 is 1.21 bits per heavy atom. The highest BCUT2D eigenvalue weighted by atomic mass is 79.9. The van der Waals surface area contributed by atoms with Gasteiger partial charge in [0, 0.05) is 10.0 Å². The van der Waals surface area contributed by atoms with Crippen LogP contribution < -0.4 is 0 Å². The van der Waals surface area contributed by atoms with Gasteiger partial charge in [0.1, 0.15) is 5.01 Å². The molecular formula is C9H6Br2N2S. The van der Waals surface area contributed by atoms with Gasteiger partial charge in [0.2, 0.25) is 0 Å². The van der Waals surface area contributed by atoms with E-state index in [1.807, 2.05) is 12.1 Å². The largest absolute Gasteiger partial charge is 0.183 e. The van der Waals surface area contributed by atoms with Gasteiger partial charge in [-0.15, -0.1) is 10.2 Å². The summed E-state index contributed by atoms with van der Waals surface area (Å²) >= 11 is 8.28. The molecule has 0 radical (unpaired) electrons. The molecule has 0 aliphatic heterocycles. The Bertz CT molecular complexity index is 468. The standard InChI is InChI=1S/C9H6Br2N2S/c1-5-4-6(10)2-3-7(5)8-12-13-9(11)14-8/h2-4H,1H3. The molecular weight excluding hydrogens is 328 g/mol. The maximum absolute atomic E-state index is 4.08. The maximum Gasteiger partial charge on any atom is 0.183 e. The van der Waals surface area contributed by atoms with Crippen LogP contribution in [-0.4, -0.2) is 10.2 Å². The molecule has 0 amide bonds. The van der Waals surface area contributed by atoms with Crippen LogP contribution in [-0.2, 0) is 0 Å². The maximum atomic E-state index is 4.08. The summed E-state index contributed by atoms with van der Waals surface area (Å²) in [6, 6.07) is 6.13. The monoisotopic (exact) mass is 332 g/mol. The van der Waals surface area contributed by atoms with E-state index < -0.39 is 0 Å². The third-order valence-corrected chi connectivity index (χ3v) is 3.70. The van der Waals surface area contributed by atoms with Crippen LogP contribution in [0.2, 0.25) is 0 Å². The zero-order chi connectivity index (χ0) is 10.1. The fourth-order valence-corrected chi connectivity index (χ4v) is 2.86. The fourth-order valence-electron chi connectivity index (χ4n) is 1.18. The summed E-state index contributed by atoms with van der Waals surface area (Å²) in [6.45, 7) is 2.06. The molecule has 1 heterocycles. The third-order valence-electron chi connectivity index (χ3n) is 1.82. The summed E-state index contributed by atoms with van der Waals surface area (Å²) in [4.78, 5) is 0. The molecule has 0 aliphatic carbocycles. The van der Waals surface area contributed by atoms with E-state index in [0.29, 0.717) is 0 Å². The predicted molar refractivity (Wildman–Crippen MR) is 65.5 cm³/mol.